The molecule has 0 radical (unpaired) electrons. The van der Waals surface area contributed by atoms with E-state index in [0.717, 1.165) is 24.0 Å². The van der Waals surface area contributed by atoms with Crippen LogP contribution in [0.4, 0.5) is 5.82 Å². The van der Waals surface area contributed by atoms with Gasteiger partial charge < -0.3 is 4.90 Å². The van der Waals surface area contributed by atoms with Crippen molar-refractivity contribution in [2.75, 3.05) is 11.4 Å². The smallest absolute Gasteiger partial charge is 0.332 e. The van der Waals surface area contributed by atoms with Crippen LogP contribution in [0.2, 0.25) is 0 Å². The standard InChI is InChI=1S/C15H16N4O2S/c1-17-13(11(8-16)14(20)18(2)15(17)21)19-6-3-4-12(19)10-5-7-22-9-10/h5,7,9,12H,3-4,6H2,1-2H3/t12-/m1/s1. The molecule has 7 heteroatoms. The maximum absolute atomic E-state index is 12.2. The Morgan fingerprint density at radius 1 is 1.32 bits per heavy atom. The van der Waals surface area contributed by atoms with Crippen molar-refractivity contribution >= 4 is 17.2 Å². The van der Waals surface area contributed by atoms with Gasteiger partial charge in [0.25, 0.3) is 5.56 Å². The Morgan fingerprint density at radius 3 is 2.73 bits per heavy atom. The Kier molecular flexibility index (Phi) is 3.62. The first kappa shape index (κ1) is 14.6. The van der Waals surface area contributed by atoms with E-state index in [0.29, 0.717) is 5.82 Å². The van der Waals surface area contributed by atoms with Crippen LogP contribution in [0, 0.1) is 11.3 Å². The van der Waals surface area contributed by atoms with E-state index in [1.807, 2.05) is 16.3 Å². The van der Waals surface area contributed by atoms with Crippen molar-refractivity contribution in [3.8, 4) is 6.07 Å². The van der Waals surface area contributed by atoms with Crippen molar-refractivity contribution in [2.24, 2.45) is 14.1 Å². The maximum Gasteiger partial charge on any atom is 0.332 e. The highest BCUT2D eigenvalue weighted by Crippen LogP contribution is 2.36. The van der Waals surface area contributed by atoms with E-state index in [-0.39, 0.29) is 11.6 Å². The van der Waals surface area contributed by atoms with Crippen molar-refractivity contribution in [2.45, 2.75) is 18.9 Å². The Bertz CT molecular complexity index is 857. The molecule has 1 aliphatic heterocycles. The summed E-state index contributed by atoms with van der Waals surface area (Å²) in [5, 5.41) is 13.5. The molecular weight excluding hydrogens is 300 g/mol. The zero-order valence-electron chi connectivity index (χ0n) is 12.4. The number of rotatable bonds is 2. The second-order valence-corrected chi connectivity index (χ2v) is 6.20. The molecule has 3 heterocycles. The Morgan fingerprint density at radius 2 is 2.09 bits per heavy atom. The molecule has 114 valence electrons. The summed E-state index contributed by atoms with van der Waals surface area (Å²) in [6.07, 6.45) is 1.92. The lowest BCUT2D eigenvalue weighted by Gasteiger charge is -2.28. The molecule has 2 aromatic rings. The van der Waals surface area contributed by atoms with E-state index >= 15 is 0 Å². The van der Waals surface area contributed by atoms with Crippen molar-refractivity contribution < 1.29 is 0 Å². The fourth-order valence-electron chi connectivity index (χ4n) is 3.10. The van der Waals surface area contributed by atoms with E-state index in [1.54, 1.807) is 18.4 Å². The van der Waals surface area contributed by atoms with Crippen LogP contribution in [-0.2, 0) is 14.1 Å². The summed E-state index contributed by atoms with van der Waals surface area (Å²) in [6, 6.07) is 4.15. The minimum atomic E-state index is -0.531. The van der Waals surface area contributed by atoms with Crippen molar-refractivity contribution in [1.82, 2.24) is 9.13 Å². The van der Waals surface area contributed by atoms with E-state index in [4.69, 9.17) is 0 Å². The predicted octanol–water partition coefficient (Wildman–Crippen LogP) is 1.36. The van der Waals surface area contributed by atoms with Gasteiger partial charge in [-0.15, -0.1) is 0 Å². The van der Waals surface area contributed by atoms with Crippen molar-refractivity contribution in [3.63, 3.8) is 0 Å². The summed E-state index contributed by atoms with van der Waals surface area (Å²) in [6.45, 7) is 0.732. The lowest BCUT2D eigenvalue weighted by atomic mass is 10.1. The number of hydrogen-bond acceptors (Lipinski definition) is 5. The Balaban J connectivity index is 2.22. The van der Waals surface area contributed by atoms with Crippen LogP contribution in [0.25, 0.3) is 0 Å². The maximum atomic E-state index is 12.2. The van der Waals surface area contributed by atoms with Crippen LogP contribution in [0.5, 0.6) is 0 Å². The van der Waals surface area contributed by atoms with E-state index in [2.05, 4.69) is 11.4 Å². The first-order valence-electron chi connectivity index (χ1n) is 7.05. The molecule has 3 rings (SSSR count). The van der Waals surface area contributed by atoms with Gasteiger partial charge in [0.1, 0.15) is 11.9 Å². The second kappa shape index (κ2) is 5.46. The molecule has 0 N–H and O–H groups in total. The molecule has 0 saturated carbocycles. The lowest BCUT2D eigenvalue weighted by Crippen LogP contribution is -2.42. The average molecular weight is 316 g/mol. The quantitative estimate of drug-likeness (QED) is 0.839. The van der Waals surface area contributed by atoms with Gasteiger partial charge in [-0.05, 0) is 35.2 Å². The van der Waals surface area contributed by atoms with Crippen LogP contribution < -0.4 is 16.1 Å². The third-order valence-electron chi connectivity index (χ3n) is 4.20. The summed E-state index contributed by atoms with van der Waals surface area (Å²) in [4.78, 5) is 26.5. The monoisotopic (exact) mass is 316 g/mol. The normalized spacial score (nSPS) is 17.7. The van der Waals surface area contributed by atoms with Gasteiger partial charge in [-0.3, -0.25) is 13.9 Å². The fraction of sp³-hybridized carbons (Fsp3) is 0.400. The van der Waals surface area contributed by atoms with E-state index in [9.17, 15) is 14.9 Å². The molecule has 1 fully saturated rings. The molecule has 1 saturated heterocycles. The van der Waals surface area contributed by atoms with Crippen LogP contribution >= 0.6 is 11.3 Å². The number of thiophene rings is 1. The molecule has 1 aliphatic rings. The second-order valence-electron chi connectivity index (χ2n) is 5.42. The molecule has 0 spiro atoms. The van der Waals surface area contributed by atoms with Crippen LogP contribution in [0.3, 0.4) is 0 Å². The Hall–Kier alpha value is -2.33. The molecule has 6 nitrogen and oxygen atoms in total. The van der Waals surface area contributed by atoms with Crippen LogP contribution in [0.1, 0.15) is 30.0 Å². The molecule has 0 unspecified atom stereocenters. The molecule has 0 bridgehead atoms. The topological polar surface area (TPSA) is 71.0 Å². The number of hydrogen-bond donors (Lipinski definition) is 0. The minimum Gasteiger partial charge on any atom is -0.350 e. The first-order valence-corrected chi connectivity index (χ1v) is 7.99. The summed E-state index contributed by atoms with van der Waals surface area (Å²) in [5.41, 5.74) is 0.262. The average Bonchev–Trinajstić information content (AvgIpc) is 3.18. The largest absolute Gasteiger partial charge is 0.350 e. The van der Waals surface area contributed by atoms with Gasteiger partial charge in [-0.25, -0.2) is 4.79 Å². The molecule has 2 aromatic heterocycles. The number of aromatic nitrogens is 2. The molecule has 22 heavy (non-hydrogen) atoms. The fourth-order valence-corrected chi connectivity index (χ4v) is 3.81. The molecule has 1 atom stereocenters. The van der Waals surface area contributed by atoms with Gasteiger partial charge in [0.05, 0.1) is 6.04 Å². The first-order chi connectivity index (χ1) is 10.6. The van der Waals surface area contributed by atoms with E-state index < -0.39 is 11.2 Å². The summed E-state index contributed by atoms with van der Waals surface area (Å²) < 4.78 is 2.39. The minimum absolute atomic E-state index is 0.0340. The molecule has 0 aromatic carbocycles. The van der Waals surface area contributed by atoms with Gasteiger partial charge in [-0.2, -0.15) is 16.6 Å². The Labute approximate surface area is 131 Å². The lowest BCUT2D eigenvalue weighted by molar-refractivity contribution is 0.639. The number of nitriles is 1. The van der Waals surface area contributed by atoms with Gasteiger partial charge in [-0.1, -0.05) is 0 Å². The van der Waals surface area contributed by atoms with Crippen LogP contribution in [-0.4, -0.2) is 15.7 Å². The summed E-state index contributed by atoms with van der Waals surface area (Å²) >= 11 is 1.62. The summed E-state index contributed by atoms with van der Waals surface area (Å²) in [7, 11) is 3.01. The SMILES string of the molecule is Cn1c(N2CCC[C@@H]2c2ccsc2)c(C#N)c(=O)n(C)c1=O. The molecule has 0 amide bonds. The zero-order valence-corrected chi connectivity index (χ0v) is 13.3. The van der Waals surface area contributed by atoms with Crippen molar-refractivity contribution in [3.05, 3.63) is 48.8 Å². The predicted molar refractivity (Wildman–Crippen MR) is 85.3 cm³/mol. The van der Waals surface area contributed by atoms with Gasteiger partial charge in [0.15, 0.2) is 5.56 Å². The third kappa shape index (κ3) is 2.07. The highest BCUT2D eigenvalue weighted by atomic mass is 32.1. The summed E-state index contributed by atoms with van der Waals surface area (Å²) in [5.74, 6) is 0.435. The van der Waals surface area contributed by atoms with Gasteiger partial charge in [0.2, 0.25) is 0 Å². The van der Waals surface area contributed by atoms with Crippen LogP contribution in [0.15, 0.2) is 26.4 Å². The van der Waals surface area contributed by atoms with E-state index in [1.165, 1.54) is 17.2 Å². The third-order valence-corrected chi connectivity index (χ3v) is 4.90. The van der Waals surface area contributed by atoms with Crippen molar-refractivity contribution in [1.29, 1.82) is 5.26 Å². The van der Waals surface area contributed by atoms with Gasteiger partial charge in [0, 0.05) is 20.6 Å². The number of nitrogens with zero attached hydrogens (tertiary/aromatic N) is 4. The molecule has 0 aliphatic carbocycles. The molecular formula is C15H16N4O2S. The van der Waals surface area contributed by atoms with Gasteiger partial charge >= 0.3 is 5.69 Å². The highest BCUT2D eigenvalue weighted by molar-refractivity contribution is 7.08. The number of anilines is 1. The highest BCUT2D eigenvalue weighted by Gasteiger charge is 2.31. The zero-order chi connectivity index (χ0) is 15.9.